The fourth-order valence-corrected chi connectivity index (χ4v) is 2.85. The molecule has 1 aromatic carbocycles. The summed E-state index contributed by atoms with van der Waals surface area (Å²) < 4.78 is 16.6. The minimum absolute atomic E-state index is 0.189. The molecule has 3 rings (SSSR count). The van der Waals surface area contributed by atoms with Gasteiger partial charge in [0.2, 0.25) is 0 Å². The first-order valence-electron chi connectivity index (χ1n) is 7.89. The normalized spacial score (nSPS) is 12.2. The van der Waals surface area contributed by atoms with Crippen LogP contribution in [0.3, 0.4) is 0 Å². The Kier molecular flexibility index (Phi) is 5.17. The Hall–Kier alpha value is -2.46. The van der Waals surface area contributed by atoms with E-state index in [0.29, 0.717) is 0 Å². The standard InChI is InChI=1S/C19H21NO3/c1-21-18-8-3-2-7-16(18)17(19-9-5-13-23-19)10-11-20-14-15-6-4-12-22-15/h2-9,12-13,17,20H,10-11,14H2,1H3/p+1/t17-/m1/s1. The second-order valence-electron chi connectivity index (χ2n) is 5.46. The maximum absolute atomic E-state index is 5.66. The first-order chi connectivity index (χ1) is 11.4. The van der Waals surface area contributed by atoms with Gasteiger partial charge < -0.3 is 18.9 Å². The van der Waals surface area contributed by atoms with Gasteiger partial charge in [-0.25, -0.2) is 0 Å². The third-order valence-electron chi connectivity index (χ3n) is 3.99. The van der Waals surface area contributed by atoms with Crippen LogP contribution in [-0.4, -0.2) is 13.7 Å². The molecule has 2 N–H and O–H groups in total. The molecule has 0 aliphatic rings. The zero-order valence-corrected chi connectivity index (χ0v) is 13.3. The molecular formula is C19H22NO3+. The summed E-state index contributed by atoms with van der Waals surface area (Å²) in [6.07, 6.45) is 4.41. The number of ether oxygens (including phenoxy) is 1. The second kappa shape index (κ2) is 7.70. The number of hydrogen-bond acceptors (Lipinski definition) is 3. The zero-order valence-electron chi connectivity index (χ0n) is 13.3. The molecular weight excluding hydrogens is 290 g/mol. The molecule has 0 saturated carbocycles. The SMILES string of the molecule is COc1ccccc1[C@@H](CC[NH2+]Cc1ccco1)c1ccco1. The van der Waals surface area contributed by atoms with E-state index in [1.807, 2.05) is 42.5 Å². The lowest BCUT2D eigenvalue weighted by Gasteiger charge is -2.17. The average molecular weight is 312 g/mol. The van der Waals surface area contributed by atoms with Crippen LogP contribution in [-0.2, 0) is 6.54 Å². The lowest BCUT2D eigenvalue weighted by Crippen LogP contribution is -2.82. The number of quaternary nitrogens is 1. The van der Waals surface area contributed by atoms with Crippen molar-refractivity contribution in [3.63, 3.8) is 0 Å². The van der Waals surface area contributed by atoms with Crippen molar-refractivity contribution in [2.45, 2.75) is 18.9 Å². The highest BCUT2D eigenvalue weighted by Gasteiger charge is 2.21. The summed E-state index contributed by atoms with van der Waals surface area (Å²) in [6, 6.07) is 16.0. The number of hydrogen-bond donors (Lipinski definition) is 1. The number of furan rings is 2. The third kappa shape index (κ3) is 3.85. The van der Waals surface area contributed by atoms with Crippen molar-refractivity contribution >= 4 is 0 Å². The van der Waals surface area contributed by atoms with E-state index >= 15 is 0 Å². The van der Waals surface area contributed by atoms with Crippen molar-refractivity contribution in [3.05, 3.63) is 78.1 Å². The van der Waals surface area contributed by atoms with Gasteiger partial charge in [-0.2, -0.15) is 0 Å². The van der Waals surface area contributed by atoms with Gasteiger partial charge in [0.15, 0.2) is 5.76 Å². The van der Waals surface area contributed by atoms with Gasteiger partial charge in [-0.15, -0.1) is 0 Å². The Balaban J connectivity index is 1.69. The second-order valence-corrected chi connectivity index (χ2v) is 5.46. The molecule has 2 heterocycles. The van der Waals surface area contributed by atoms with E-state index in [-0.39, 0.29) is 5.92 Å². The lowest BCUT2D eigenvalue weighted by molar-refractivity contribution is -0.672. The summed E-state index contributed by atoms with van der Waals surface area (Å²) in [5, 5.41) is 2.25. The Morgan fingerprint density at radius 3 is 2.57 bits per heavy atom. The van der Waals surface area contributed by atoms with Crippen LogP contribution >= 0.6 is 0 Å². The molecule has 0 spiro atoms. The van der Waals surface area contributed by atoms with Crippen LogP contribution in [0.5, 0.6) is 5.75 Å². The quantitative estimate of drug-likeness (QED) is 0.650. The van der Waals surface area contributed by atoms with Crippen LogP contribution in [0, 0.1) is 0 Å². The highest BCUT2D eigenvalue weighted by Crippen LogP contribution is 2.33. The number of para-hydroxylation sites is 1. The first kappa shape index (κ1) is 15.4. The summed E-state index contributed by atoms with van der Waals surface area (Å²) >= 11 is 0. The monoisotopic (exact) mass is 312 g/mol. The van der Waals surface area contributed by atoms with Gasteiger partial charge in [-0.3, -0.25) is 0 Å². The van der Waals surface area contributed by atoms with Gasteiger partial charge in [0, 0.05) is 12.0 Å². The molecule has 4 heteroatoms. The van der Waals surface area contributed by atoms with E-state index in [0.717, 1.165) is 42.3 Å². The summed E-state index contributed by atoms with van der Waals surface area (Å²) in [7, 11) is 1.71. The van der Waals surface area contributed by atoms with E-state index in [9.17, 15) is 0 Å². The van der Waals surface area contributed by atoms with E-state index < -0.39 is 0 Å². The molecule has 0 aliphatic carbocycles. The smallest absolute Gasteiger partial charge is 0.157 e. The lowest BCUT2D eigenvalue weighted by atomic mass is 9.92. The fraction of sp³-hybridized carbons (Fsp3) is 0.263. The summed E-state index contributed by atoms with van der Waals surface area (Å²) in [6.45, 7) is 1.83. The molecule has 3 aromatic rings. The molecule has 1 atom stereocenters. The molecule has 0 bridgehead atoms. The van der Waals surface area contributed by atoms with E-state index in [1.54, 1.807) is 19.6 Å². The molecule has 0 saturated heterocycles. The van der Waals surface area contributed by atoms with E-state index in [4.69, 9.17) is 13.6 Å². The van der Waals surface area contributed by atoms with Gasteiger partial charge >= 0.3 is 0 Å². The van der Waals surface area contributed by atoms with Crippen LogP contribution in [0.2, 0.25) is 0 Å². The zero-order chi connectivity index (χ0) is 15.9. The van der Waals surface area contributed by atoms with E-state index in [1.165, 1.54) is 0 Å². The topological polar surface area (TPSA) is 52.1 Å². The van der Waals surface area contributed by atoms with Crippen LogP contribution < -0.4 is 10.1 Å². The van der Waals surface area contributed by atoms with Crippen LogP contribution in [0.15, 0.2) is 69.9 Å². The Labute approximate surface area is 136 Å². The Morgan fingerprint density at radius 2 is 1.83 bits per heavy atom. The van der Waals surface area contributed by atoms with Crippen molar-refractivity contribution < 1.29 is 18.9 Å². The molecule has 4 nitrogen and oxygen atoms in total. The first-order valence-corrected chi connectivity index (χ1v) is 7.89. The van der Waals surface area contributed by atoms with Crippen LogP contribution in [0.25, 0.3) is 0 Å². The largest absolute Gasteiger partial charge is 0.496 e. The predicted molar refractivity (Wildman–Crippen MR) is 87.4 cm³/mol. The summed E-state index contributed by atoms with van der Waals surface area (Å²) in [5.74, 6) is 3.06. The maximum Gasteiger partial charge on any atom is 0.157 e. The number of benzene rings is 1. The number of rotatable bonds is 8. The third-order valence-corrected chi connectivity index (χ3v) is 3.99. The number of methoxy groups -OCH3 is 1. The van der Waals surface area contributed by atoms with Gasteiger partial charge in [0.05, 0.1) is 32.1 Å². The summed E-state index contributed by atoms with van der Waals surface area (Å²) in [5.41, 5.74) is 1.16. The maximum atomic E-state index is 5.66. The molecule has 0 fully saturated rings. The molecule has 0 unspecified atom stereocenters. The minimum Gasteiger partial charge on any atom is -0.496 e. The summed E-state index contributed by atoms with van der Waals surface area (Å²) in [4.78, 5) is 0. The highest BCUT2D eigenvalue weighted by molar-refractivity contribution is 5.39. The molecule has 2 aromatic heterocycles. The van der Waals surface area contributed by atoms with Crippen molar-refractivity contribution in [2.75, 3.05) is 13.7 Å². The van der Waals surface area contributed by atoms with Crippen LogP contribution in [0.1, 0.15) is 29.4 Å². The van der Waals surface area contributed by atoms with Crippen LogP contribution in [0.4, 0.5) is 0 Å². The van der Waals surface area contributed by atoms with Gasteiger partial charge in [0.25, 0.3) is 0 Å². The molecule has 120 valence electrons. The molecule has 0 amide bonds. The van der Waals surface area contributed by atoms with E-state index in [2.05, 4.69) is 11.4 Å². The predicted octanol–water partition coefficient (Wildman–Crippen LogP) is 3.17. The van der Waals surface area contributed by atoms with Crippen molar-refractivity contribution in [3.8, 4) is 5.75 Å². The molecule has 0 aliphatic heterocycles. The Morgan fingerprint density at radius 1 is 1.00 bits per heavy atom. The van der Waals surface area contributed by atoms with Gasteiger partial charge in [-0.1, -0.05) is 18.2 Å². The van der Waals surface area contributed by atoms with Gasteiger partial charge in [-0.05, 0) is 30.3 Å². The Bertz CT molecular complexity index is 689. The average Bonchev–Trinajstić information content (AvgIpc) is 3.28. The highest BCUT2D eigenvalue weighted by atomic mass is 16.5. The van der Waals surface area contributed by atoms with Crippen molar-refractivity contribution in [2.24, 2.45) is 0 Å². The van der Waals surface area contributed by atoms with Crippen molar-refractivity contribution in [1.82, 2.24) is 0 Å². The fourth-order valence-electron chi connectivity index (χ4n) is 2.85. The van der Waals surface area contributed by atoms with Crippen molar-refractivity contribution in [1.29, 1.82) is 0 Å². The number of nitrogens with two attached hydrogens (primary N) is 1. The van der Waals surface area contributed by atoms with Gasteiger partial charge in [0.1, 0.15) is 18.1 Å². The minimum atomic E-state index is 0.189. The molecule has 23 heavy (non-hydrogen) atoms. The molecule has 0 radical (unpaired) electrons.